The Morgan fingerprint density at radius 3 is 2.47 bits per heavy atom. The third-order valence-corrected chi connectivity index (χ3v) is 5.06. The van der Waals surface area contributed by atoms with Crippen LogP contribution in [0.15, 0.2) is 0 Å². The molecule has 102 valence electrons. The zero-order valence-electron chi connectivity index (χ0n) is 11.4. The summed E-state index contributed by atoms with van der Waals surface area (Å²) in [5.74, 6) is 1.00. The van der Waals surface area contributed by atoms with E-state index in [9.17, 15) is 0 Å². The molecule has 1 aliphatic rings. The number of rotatable bonds is 1. The standard InChI is InChI=1S/C13H17ClN4S/c1-8-9(2)19-12-10(8)11(15-13(14)16-12)18-6-4-17(3)5-7-18/h4-7H2,1-3H3. The first-order valence-electron chi connectivity index (χ1n) is 6.43. The van der Waals surface area contributed by atoms with Crippen LogP contribution in [-0.4, -0.2) is 48.1 Å². The summed E-state index contributed by atoms with van der Waals surface area (Å²) in [5.41, 5.74) is 1.28. The van der Waals surface area contributed by atoms with Gasteiger partial charge in [-0.25, -0.2) is 4.98 Å². The quantitative estimate of drug-likeness (QED) is 0.758. The molecule has 0 atom stereocenters. The highest BCUT2D eigenvalue weighted by Gasteiger charge is 2.21. The monoisotopic (exact) mass is 296 g/mol. The van der Waals surface area contributed by atoms with E-state index in [0.717, 1.165) is 36.8 Å². The van der Waals surface area contributed by atoms with Crippen molar-refractivity contribution >= 4 is 39.0 Å². The lowest BCUT2D eigenvalue weighted by molar-refractivity contribution is 0.312. The van der Waals surface area contributed by atoms with Gasteiger partial charge in [0.2, 0.25) is 5.28 Å². The second-order valence-electron chi connectivity index (χ2n) is 5.07. The Morgan fingerprint density at radius 2 is 1.79 bits per heavy atom. The van der Waals surface area contributed by atoms with E-state index >= 15 is 0 Å². The maximum absolute atomic E-state index is 6.08. The summed E-state index contributed by atoms with van der Waals surface area (Å²) in [6.45, 7) is 8.38. The maximum Gasteiger partial charge on any atom is 0.225 e. The van der Waals surface area contributed by atoms with E-state index in [1.54, 1.807) is 11.3 Å². The van der Waals surface area contributed by atoms with Crippen LogP contribution in [0.25, 0.3) is 10.2 Å². The van der Waals surface area contributed by atoms with Gasteiger partial charge in [-0.15, -0.1) is 11.3 Å². The average Bonchev–Trinajstić information content (AvgIpc) is 2.65. The number of fused-ring (bicyclic) bond motifs is 1. The highest BCUT2D eigenvalue weighted by Crippen LogP contribution is 2.35. The molecule has 0 spiro atoms. The fourth-order valence-electron chi connectivity index (χ4n) is 2.45. The first-order valence-corrected chi connectivity index (χ1v) is 7.62. The van der Waals surface area contributed by atoms with E-state index < -0.39 is 0 Å². The molecule has 0 amide bonds. The molecule has 3 rings (SSSR count). The summed E-state index contributed by atoms with van der Waals surface area (Å²) >= 11 is 7.78. The van der Waals surface area contributed by atoms with Crippen LogP contribution in [0.1, 0.15) is 10.4 Å². The summed E-state index contributed by atoms with van der Waals surface area (Å²) in [6, 6.07) is 0. The van der Waals surface area contributed by atoms with Crippen molar-refractivity contribution in [2.45, 2.75) is 13.8 Å². The predicted molar refractivity (Wildman–Crippen MR) is 81.6 cm³/mol. The maximum atomic E-state index is 6.08. The number of anilines is 1. The van der Waals surface area contributed by atoms with Crippen LogP contribution in [0.2, 0.25) is 5.28 Å². The van der Waals surface area contributed by atoms with E-state index in [4.69, 9.17) is 11.6 Å². The highest BCUT2D eigenvalue weighted by molar-refractivity contribution is 7.18. The van der Waals surface area contributed by atoms with Crippen LogP contribution in [-0.2, 0) is 0 Å². The first-order chi connectivity index (χ1) is 9.06. The largest absolute Gasteiger partial charge is 0.353 e. The van der Waals surface area contributed by atoms with Crippen LogP contribution in [0.3, 0.4) is 0 Å². The van der Waals surface area contributed by atoms with E-state index in [1.807, 2.05) is 0 Å². The molecule has 0 saturated carbocycles. The Kier molecular flexibility index (Phi) is 3.37. The number of likely N-dealkylation sites (N-methyl/N-ethyl adjacent to an activating group) is 1. The molecule has 4 nitrogen and oxygen atoms in total. The number of piperazine rings is 1. The Bertz CT molecular complexity index is 617. The number of nitrogens with zero attached hydrogens (tertiary/aromatic N) is 4. The lowest BCUT2D eigenvalue weighted by Crippen LogP contribution is -2.44. The van der Waals surface area contributed by atoms with Gasteiger partial charge in [0.05, 0.1) is 5.39 Å². The minimum atomic E-state index is 0.350. The van der Waals surface area contributed by atoms with E-state index in [-0.39, 0.29) is 0 Å². The van der Waals surface area contributed by atoms with E-state index in [2.05, 4.69) is 40.7 Å². The molecule has 2 aromatic heterocycles. The molecule has 2 aromatic rings. The molecule has 1 aliphatic heterocycles. The number of aryl methyl sites for hydroxylation is 2. The van der Waals surface area contributed by atoms with Crippen molar-refractivity contribution < 1.29 is 0 Å². The van der Waals surface area contributed by atoms with Crippen molar-refractivity contribution in [3.63, 3.8) is 0 Å². The smallest absolute Gasteiger partial charge is 0.225 e. The normalized spacial score (nSPS) is 17.4. The molecule has 0 aromatic carbocycles. The topological polar surface area (TPSA) is 32.3 Å². The number of hydrogen-bond donors (Lipinski definition) is 0. The fourth-order valence-corrected chi connectivity index (χ4v) is 3.69. The van der Waals surface area contributed by atoms with Gasteiger partial charge in [0.25, 0.3) is 0 Å². The van der Waals surface area contributed by atoms with Gasteiger partial charge < -0.3 is 9.80 Å². The van der Waals surface area contributed by atoms with Gasteiger partial charge in [-0.2, -0.15) is 4.98 Å². The van der Waals surface area contributed by atoms with Crippen molar-refractivity contribution in [1.29, 1.82) is 0 Å². The van der Waals surface area contributed by atoms with Crippen molar-refractivity contribution in [2.24, 2.45) is 0 Å². The average molecular weight is 297 g/mol. The van der Waals surface area contributed by atoms with Gasteiger partial charge >= 0.3 is 0 Å². The van der Waals surface area contributed by atoms with Crippen molar-refractivity contribution in [2.75, 3.05) is 38.1 Å². The third-order valence-electron chi connectivity index (χ3n) is 3.79. The molecule has 0 bridgehead atoms. The number of aromatic nitrogens is 2. The lowest BCUT2D eigenvalue weighted by Gasteiger charge is -2.33. The molecular weight excluding hydrogens is 280 g/mol. The molecule has 19 heavy (non-hydrogen) atoms. The molecule has 3 heterocycles. The molecule has 0 radical (unpaired) electrons. The minimum absolute atomic E-state index is 0.350. The van der Waals surface area contributed by atoms with Gasteiger partial charge in [0.15, 0.2) is 0 Å². The molecule has 1 fully saturated rings. The van der Waals surface area contributed by atoms with Gasteiger partial charge in [0, 0.05) is 31.1 Å². The SMILES string of the molecule is Cc1sc2nc(Cl)nc(N3CCN(C)CC3)c2c1C. The zero-order chi connectivity index (χ0) is 13.6. The molecule has 0 N–H and O–H groups in total. The van der Waals surface area contributed by atoms with Crippen LogP contribution >= 0.6 is 22.9 Å². The lowest BCUT2D eigenvalue weighted by atomic mass is 10.2. The van der Waals surface area contributed by atoms with E-state index in [1.165, 1.54) is 15.8 Å². The van der Waals surface area contributed by atoms with Gasteiger partial charge in [-0.05, 0) is 38.1 Å². The molecule has 1 saturated heterocycles. The molecule has 0 aliphatic carbocycles. The third kappa shape index (κ3) is 2.30. The van der Waals surface area contributed by atoms with Gasteiger partial charge in [0.1, 0.15) is 10.6 Å². The Labute approximate surface area is 122 Å². The van der Waals surface area contributed by atoms with Crippen LogP contribution < -0.4 is 4.90 Å². The summed E-state index contributed by atoms with van der Waals surface area (Å²) in [7, 11) is 2.15. The summed E-state index contributed by atoms with van der Waals surface area (Å²) in [5, 5.41) is 1.53. The molecule has 0 unspecified atom stereocenters. The Balaban J connectivity index is 2.11. The van der Waals surface area contributed by atoms with Crippen LogP contribution in [0.4, 0.5) is 5.82 Å². The predicted octanol–water partition coefficient (Wildman–Crippen LogP) is 2.71. The number of halogens is 1. The Morgan fingerprint density at radius 1 is 1.11 bits per heavy atom. The van der Waals surface area contributed by atoms with Crippen molar-refractivity contribution in [3.05, 3.63) is 15.7 Å². The molecule has 6 heteroatoms. The zero-order valence-corrected chi connectivity index (χ0v) is 13.0. The van der Waals surface area contributed by atoms with E-state index in [0.29, 0.717) is 5.28 Å². The summed E-state index contributed by atoms with van der Waals surface area (Å²) in [4.78, 5) is 15.8. The highest BCUT2D eigenvalue weighted by atomic mass is 35.5. The summed E-state index contributed by atoms with van der Waals surface area (Å²) in [6.07, 6.45) is 0. The van der Waals surface area contributed by atoms with Gasteiger partial charge in [-0.1, -0.05) is 0 Å². The fraction of sp³-hybridized carbons (Fsp3) is 0.538. The van der Waals surface area contributed by atoms with Crippen LogP contribution in [0.5, 0.6) is 0 Å². The number of hydrogen-bond acceptors (Lipinski definition) is 5. The minimum Gasteiger partial charge on any atom is -0.353 e. The van der Waals surface area contributed by atoms with Gasteiger partial charge in [-0.3, -0.25) is 0 Å². The Hall–Kier alpha value is -0.910. The van der Waals surface area contributed by atoms with Crippen LogP contribution in [0, 0.1) is 13.8 Å². The number of thiophene rings is 1. The second-order valence-corrected chi connectivity index (χ2v) is 6.61. The van der Waals surface area contributed by atoms with Crippen molar-refractivity contribution in [3.8, 4) is 0 Å². The van der Waals surface area contributed by atoms with Crippen molar-refractivity contribution in [1.82, 2.24) is 14.9 Å². The first kappa shape index (κ1) is 13.1. The second kappa shape index (κ2) is 4.89. The molecular formula is C13H17ClN4S. The summed E-state index contributed by atoms with van der Waals surface area (Å²) < 4.78 is 0.